The van der Waals surface area contributed by atoms with E-state index in [0.717, 1.165) is 0 Å². The van der Waals surface area contributed by atoms with Crippen LogP contribution in [-0.2, 0) is 10.4 Å². The van der Waals surface area contributed by atoms with E-state index in [2.05, 4.69) is 0 Å². The summed E-state index contributed by atoms with van der Waals surface area (Å²) in [7, 11) is -4.67. The van der Waals surface area contributed by atoms with Crippen LogP contribution in [0, 0.1) is 41.7 Å². The molecule has 0 aromatic carbocycles. The summed E-state index contributed by atoms with van der Waals surface area (Å²) in [5, 5.41) is 0. The molecule has 0 aliphatic heterocycles. The molecule has 15 heteroatoms. The van der Waals surface area contributed by atoms with Crippen LogP contribution >= 0.6 is 0 Å². The fourth-order valence-electron chi connectivity index (χ4n) is 0. The fraction of sp³-hybridized carbons (Fsp3) is 0. The van der Waals surface area contributed by atoms with Crippen molar-refractivity contribution in [2.24, 2.45) is 0 Å². The first kappa shape index (κ1) is 147. The predicted octanol–water partition coefficient (Wildman–Crippen LogP) is -8.08. The van der Waals surface area contributed by atoms with E-state index < -0.39 is 10.4 Å². The van der Waals surface area contributed by atoms with Crippen LogP contribution in [0.25, 0.3) is 0 Å². The van der Waals surface area contributed by atoms with E-state index in [-0.39, 0.29) is 91.0 Å². The predicted molar refractivity (Wildman–Crippen MR) is 46.7 cm³/mol. The van der Waals surface area contributed by atoms with Gasteiger partial charge >= 0.3 is 10.4 Å². The van der Waals surface area contributed by atoms with Crippen LogP contribution in [-0.4, -0.2) is 66.8 Å². The molecule has 0 atom stereocenters. The summed E-state index contributed by atoms with van der Waals surface area (Å²) in [6.07, 6.45) is 0. The first-order valence-electron chi connectivity index (χ1n) is 0.698. The van der Waals surface area contributed by atoms with Crippen LogP contribution in [0.5, 0.6) is 0 Å². The molecule has 108 valence electrons. The zero-order valence-electron chi connectivity index (χ0n) is 7.12. The van der Waals surface area contributed by atoms with Crippen molar-refractivity contribution >= 4 is 10.4 Å². The van der Waals surface area contributed by atoms with E-state index in [9.17, 15) is 0 Å². The third kappa shape index (κ3) is 3140. The zero-order chi connectivity index (χ0) is 4.50. The van der Waals surface area contributed by atoms with Crippen molar-refractivity contribution in [3.63, 3.8) is 0 Å². The molecule has 0 radical (unpaired) electrons. The van der Waals surface area contributed by atoms with Crippen LogP contribution in [0.3, 0.4) is 0 Å². The average molecular weight is 400 g/mol. The van der Waals surface area contributed by atoms with Gasteiger partial charge in [0.2, 0.25) is 0 Å². The van der Waals surface area contributed by atoms with E-state index in [1.807, 2.05) is 0 Å². The van der Waals surface area contributed by atoms with Crippen molar-refractivity contribution in [2.45, 2.75) is 0 Å². The molecule has 0 aromatic heterocycles. The Morgan fingerprint density at radius 1 is 0.533 bits per heavy atom. The quantitative estimate of drug-likeness (QED) is 0.373. The Balaban J connectivity index is -0.00000000178. The van der Waals surface area contributed by atoms with Gasteiger partial charge in [-0.15, -0.1) is 0 Å². The van der Waals surface area contributed by atoms with Crippen LogP contribution in [0.1, 0.15) is 0 Å². The SMILES string of the molecule is O.O.O.O.O.O.O.O.O.O=S(=O)(O)O.[Ce]. The number of rotatable bonds is 0. The van der Waals surface area contributed by atoms with Gasteiger partial charge in [-0.3, -0.25) is 9.11 Å². The standard InChI is InChI=1S/Ce.H2O4S.9H2O/c;1-5(2,3)4;;;;;;;;;/h;(H2,1,2,3,4);9*1H2. The van der Waals surface area contributed by atoms with Gasteiger partial charge in [-0.2, -0.15) is 8.42 Å². The first-order chi connectivity index (χ1) is 2.00. The van der Waals surface area contributed by atoms with Crippen molar-refractivity contribution in [1.29, 1.82) is 0 Å². The summed E-state index contributed by atoms with van der Waals surface area (Å²) < 4.78 is 31.6. The van der Waals surface area contributed by atoms with E-state index in [1.54, 1.807) is 0 Å². The van der Waals surface area contributed by atoms with Gasteiger partial charge < -0.3 is 49.3 Å². The minimum atomic E-state index is -4.67. The monoisotopic (exact) mass is 400 g/mol. The van der Waals surface area contributed by atoms with E-state index in [0.29, 0.717) is 0 Å². The maximum atomic E-state index is 8.74. The molecule has 0 aromatic rings. The van der Waals surface area contributed by atoms with Gasteiger partial charge in [0.05, 0.1) is 0 Å². The Bertz CT molecular complexity index is 93.7. The molecule has 0 aliphatic rings. The van der Waals surface area contributed by atoms with Gasteiger partial charge in [0.1, 0.15) is 0 Å². The Labute approximate surface area is 118 Å². The zero-order valence-corrected chi connectivity index (χ0v) is 11.1. The molecule has 0 aliphatic carbocycles. The Morgan fingerprint density at radius 2 is 0.533 bits per heavy atom. The minimum absolute atomic E-state index is 0. The third-order valence-corrected chi connectivity index (χ3v) is 0. The van der Waals surface area contributed by atoms with Gasteiger partial charge in [0.15, 0.2) is 0 Å². The molecule has 0 unspecified atom stereocenters. The largest absolute Gasteiger partial charge is 0.412 e. The van der Waals surface area contributed by atoms with E-state index >= 15 is 0 Å². The molecule has 20 N–H and O–H groups in total. The summed E-state index contributed by atoms with van der Waals surface area (Å²) in [6.45, 7) is 0. The van der Waals surface area contributed by atoms with Crippen LogP contribution in [0.2, 0.25) is 0 Å². The van der Waals surface area contributed by atoms with E-state index in [4.69, 9.17) is 17.5 Å². The van der Waals surface area contributed by atoms with Crippen molar-refractivity contribution < 1.29 is 109 Å². The molecule has 15 heavy (non-hydrogen) atoms. The smallest absolute Gasteiger partial charge is 0.394 e. The van der Waals surface area contributed by atoms with E-state index in [1.165, 1.54) is 0 Å². The van der Waals surface area contributed by atoms with Crippen LogP contribution in [0.4, 0.5) is 0 Å². The Kier molecular flexibility index (Phi) is 595. The molecule has 0 saturated carbocycles. The molecule has 0 saturated heterocycles. The Hall–Kier alpha value is 0.887. The van der Waals surface area contributed by atoms with Gasteiger partial charge in [-0.1, -0.05) is 0 Å². The maximum Gasteiger partial charge on any atom is 0.394 e. The maximum absolute atomic E-state index is 8.74. The third-order valence-electron chi connectivity index (χ3n) is 0. The molecule has 0 amide bonds. The second-order valence-electron chi connectivity index (χ2n) is 0.448. The first-order valence-corrected chi connectivity index (χ1v) is 2.10. The van der Waals surface area contributed by atoms with Gasteiger partial charge in [0.25, 0.3) is 0 Å². The molecule has 13 nitrogen and oxygen atoms in total. The second-order valence-corrected chi connectivity index (χ2v) is 1.34. The molecular weight excluding hydrogens is 380 g/mol. The topological polar surface area (TPSA) is 358 Å². The van der Waals surface area contributed by atoms with Crippen LogP contribution in [0.15, 0.2) is 0 Å². The van der Waals surface area contributed by atoms with Gasteiger partial charge in [-0.05, 0) is 0 Å². The van der Waals surface area contributed by atoms with Crippen LogP contribution < -0.4 is 0 Å². The summed E-state index contributed by atoms with van der Waals surface area (Å²) in [5.74, 6) is 0. The van der Waals surface area contributed by atoms with Crippen molar-refractivity contribution in [2.75, 3.05) is 0 Å². The van der Waals surface area contributed by atoms with Crippen molar-refractivity contribution in [1.82, 2.24) is 0 Å². The van der Waals surface area contributed by atoms with Gasteiger partial charge in [-0.25, -0.2) is 0 Å². The molecule has 0 rings (SSSR count). The Morgan fingerprint density at radius 3 is 0.533 bits per heavy atom. The number of hydrogen-bond donors (Lipinski definition) is 2. The summed E-state index contributed by atoms with van der Waals surface area (Å²) in [6, 6.07) is 0. The summed E-state index contributed by atoms with van der Waals surface area (Å²) in [5.41, 5.74) is 0. The van der Waals surface area contributed by atoms with Gasteiger partial charge in [0, 0.05) is 41.7 Å². The molecule has 0 fully saturated rings. The average Bonchev–Trinajstić information content (AvgIpc) is 0.722. The molecule has 0 spiro atoms. The number of hydrogen-bond acceptors (Lipinski definition) is 2. The minimum Gasteiger partial charge on any atom is -0.412 e. The van der Waals surface area contributed by atoms with Crippen molar-refractivity contribution in [3.05, 3.63) is 0 Å². The van der Waals surface area contributed by atoms with Crippen molar-refractivity contribution in [3.8, 4) is 0 Å². The second kappa shape index (κ2) is 60.5. The summed E-state index contributed by atoms with van der Waals surface area (Å²) in [4.78, 5) is 0. The molecule has 0 bridgehead atoms. The normalized spacial score (nSPS) is 3.87. The molecule has 0 heterocycles. The molecular formula is H20CeO13S. The summed E-state index contributed by atoms with van der Waals surface area (Å²) >= 11 is 0. The fourth-order valence-corrected chi connectivity index (χ4v) is 0.